The van der Waals surface area contributed by atoms with Crippen LogP contribution < -0.4 is 0 Å². The van der Waals surface area contributed by atoms with Crippen LogP contribution in [0.5, 0.6) is 0 Å². The molecule has 1 amide bonds. The van der Waals surface area contributed by atoms with Gasteiger partial charge in [-0.3, -0.25) is 65.5 Å². The van der Waals surface area contributed by atoms with Crippen LogP contribution in [0.15, 0.2) is 64.8 Å². The minimum atomic E-state index is -2.13. The van der Waals surface area contributed by atoms with Crippen LogP contribution in [-0.4, -0.2) is 138 Å². The predicted octanol–water partition coefficient (Wildman–Crippen LogP) is 5.14. The van der Waals surface area contributed by atoms with E-state index >= 15 is 4.79 Å². The van der Waals surface area contributed by atoms with Crippen molar-refractivity contribution >= 4 is 52.0 Å². The summed E-state index contributed by atoms with van der Waals surface area (Å²) in [6.07, 6.45) is -13.5. The fourth-order valence-corrected chi connectivity index (χ4v) is 8.49. The van der Waals surface area contributed by atoms with Crippen molar-refractivity contribution in [1.29, 1.82) is 0 Å². The van der Waals surface area contributed by atoms with Gasteiger partial charge in [0.1, 0.15) is 36.6 Å². The SMILES string of the molecule is CC1(C)O[C@H]2O[C@@H](C(CN(CC(OC(=O)c3cc([N+](=O)[O-])cc([N+](=O)[O-])c3)[C@@H]3O[C@@H]4OC(C)(C)O[C@@H]4[C@H]3N=[N+]=[N-])C(=O)c3cc([N+](=O)[O-])cc([N+](=O)[O-])c3)OC(=O)c3cc([N+](=O)[O-])cc([N+](=O)[O-])c3)[C@H](N=[N+]=[N-])[C@H]2O1. The van der Waals surface area contributed by atoms with Crippen molar-refractivity contribution in [2.75, 3.05) is 13.1 Å². The van der Waals surface area contributed by atoms with Crippen LogP contribution in [0.4, 0.5) is 34.1 Å². The number of benzene rings is 3. The fraction of sp³-hybridized carbons (Fsp3) is 0.462. The number of hydrogen-bond acceptors (Lipinski definition) is 25. The van der Waals surface area contributed by atoms with Crippen LogP contribution in [0.25, 0.3) is 20.9 Å². The first-order chi connectivity index (χ1) is 35.2. The fourth-order valence-electron chi connectivity index (χ4n) is 8.49. The Labute approximate surface area is 415 Å². The Bertz CT molecular complexity index is 2780. The summed E-state index contributed by atoms with van der Waals surface area (Å²) in [5, 5.41) is 79.0. The quantitative estimate of drug-likeness (QED) is 0.0374. The number of hydrogen-bond donors (Lipinski definition) is 0. The van der Waals surface area contributed by atoms with Gasteiger partial charge >= 0.3 is 11.9 Å². The van der Waals surface area contributed by atoms with Crippen LogP contribution in [0.1, 0.15) is 58.8 Å². The highest BCUT2D eigenvalue weighted by atomic mass is 16.8. The maximum absolute atomic E-state index is 15.1. The molecule has 0 radical (unpaired) electrons. The molecule has 4 aliphatic heterocycles. The molecule has 7 rings (SSSR count). The zero-order valence-electron chi connectivity index (χ0n) is 38.6. The maximum Gasteiger partial charge on any atom is 0.339 e. The van der Waals surface area contributed by atoms with Crippen LogP contribution >= 0.6 is 0 Å². The van der Waals surface area contributed by atoms with Gasteiger partial charge in [-0.05, 0) is 38.8 Å². The topological polar surface area (TPSA) is 485 Å². The number of carbonyl (C=O) groups excluding carboxylic acids is 3. The van der Waals surface area contributed by atoms with Gasteiger partial charge in [-0.15, -0.1) is 0 Å². The summed E-state index contributed by atoms with van der Waals surface area (Å²) in [6.45, 7) is 3.38. The molecule has 0 aromatic heterocycles. The number of esters is 2. The van der Waals surface area contributed by atoms with Gasteiger partial charge < -0.3 is 42.8 Å². The minimum Gasteiger partial charge on any atom is -0.454 e. The molecule has 10 atom stereocenters. The van der Waals surface area contributed by atoms with Crippen molar-refractivity contribution in [1.82, 2.24) is 4.90 Å². The number of nitro benzene ring substituents is 6. The summed E-state index contributed by atoms with van der Waals surface area (Å²) >= 11 is 0. The monoisotopic (exact) mass is 1050 g/mol. The van der Waals surface area contributed by atoms with Gasteiger partial charge in [-0.25, -0.2) is 9.59 Å². The van der Waals surface area contributed by atoms with Crippen molar-refractivity contribution in [2.45, 2.75) is 101 Å². The van der Waals surface area contributed by atoms with E-state index in [1.54, 1.807) is 0 Å². The summed E-state index contributed by atoms with van der Waals surface area (Å²) < 4.78 is 47.2. The summed E-state index contributed by atoms with van der Waals surface area (Å²) in [6, 6.07) is 1.72. The molecule has 2 unspecified atom stereocenters. The van der Waals surface area contributed by atoms with E-state index in [9.17, 15) is 81.3 Å². The Kier molecular flexibility index (Phi) is 14.8. The number of fused-ring (bicyclic) bond motifs is 2. The van der Waals surface area contributed by atoms with E-state index in [2.05, 4.69) is 20.1 Å². The first-order valence-corrected chi connectivity index (χ1v) is 21.3. The van der Waals surface area contributed by atoms with Crippen LogP contribution in [0, 0.1) is 60.7 Å². The molecular formula is C39H35N13O23. The first kappa shape index (κ1) is 53.6. The predicted molar refractivity (Wildman–Crippen MR) is 237 cm³/mol. The number of nitro groups is 6. The Morgan fingerprint density at radius 2 is 0.840 bits per heavy atom. The van der Waals surface area contributed by atoms with Crippen LogP contribution in [-0.2, 0) is 37.9 Å². The van der Waals surface area contributed by atoms with Gasteiger partial charge in [0.2, 0.25) is 0 Å². The van der Waals surface area contributed by atoms with Gasteiger partial charge in [-0.2, -0.15) is 0 Å². The molecule has 4 aliphatic rings. The number of amides is 1. The lowest BCUT2D eigenvalue weighted by atomic mass is 10.00. The highest BCUT2D eigenvalue weighted by molar-refractivity contribution is 5.96. The average molecular weight is 1050 g/mol. The van der Waals surface area contributed by atoms with E-state index in [0.29, 0.717) is 59.5 Å². The number of carbonyl (C=O) groups is 3. The average Bonchev–Trinajstić information content (AvgIpc) is 4.04. The summed E-state index contributed by atoms with van der Waals surface area (Å²) in [7, 11) is 0. The van der Waals surface area contributed by atoms with Gasteiger partial charge in [0.25, 0.3) is 40.0 Å². The Balaban J connectivity index is 1.41. The van der Waals surface area contributed by atoms with Gasteiger partial charge in [-0.1, -0.05) is 10.2 Å². The number of azide groups is 2. The summed E-state index contributed by atoms with van der Waals surface area (Å²) in [5.41, 5.74) is 10.9. The molecule has 3 aromatic carbocycles. The molecule has 75 heavy (non-hydrogen) atoms. The summed E-state index contributed by atoms with van der Waals surface area (Å²) in [5.74, 6) is -7.55. The molecule has 0 saturated carbocycles. The molecule has 4 saturated heterocycles. The Hall–Kier alpha value is -9.15. The second kappa shape index (κ2) is 20.8. The standard InChI is InChI=1S/C39H35N13O23/c1-38(2)72-31-27(42-44-40)29(70-36(31)74-38)25(68-34(54)17-7-21(49(60)61)12-22(8-17)50(62)63)14-46(33(53)16-5-19(47(56)57)11-20(6-16)48(58)59)15-26(30-28(43-45-41)32-37(71-30)75-39(3,4)73-32)69-35(55)18-9-23(51(64)65)13-24(10-18)52(66)67/h5-13,25-32,36-37H,14-15H2,1-4H3/t25?,26?,27-,28-,29-,30-,31+,32+,36+,37+/m0/s1. The normalized spacial score (nSPS) is 24.4. The molecule has 0 aliphatic carbocycles. The molecule has 394 valence electrons. The van der Waals surface area contributed by atoms with Crippen molar-refractivity contribution in [3.8, 4) is 0 Å². The molecule has 0 bridgehead atoms. The molecule has 0 N–H and O–H groups in total. The van der Waals surface area contributed by atoms with E-state index < -0.39 is 184 Å². The zero-order valence-corrected chi connectivity index (χ0v) is 38.6. The molecule has 36 nitrogen and oxygen atoms in total. The van der Waals surface area contributed by atoms with Gasteiger partial charge in [0, 0.05) is 46.2 Å². The highest BCUT2D eigenvalue weighted by Gasteiger charge is 2.59. The Morgan fingerprint density at radius 1 is 0.547 bits per heavy atom. The minimum absolute atomic E-state index is 0.487. The number of non-ortho nitro benzene ring substituents is 6. The summed E-state index contributed by atoms with van der Waals surface area (Å²) in [4.78, 5) is 115. The van der Waals surface area contributed by atoms with Crippen LogP contribution in [0.3, 0.4) is 0 Å². The van der Waals surface area contributed by atoms with E-state index in [0.717, 1.165) is 0 Å². The third-order valence-corrected chi connectivity index (χ3v) is 11.5. The molecule has 4 fully saturated rings. The molecular weight excluding hydrogens is 1020 g/mol. The number of rotatable bonds is 19. The first-order valence-electron chi connectivity index (χ1n) is 21.3. The molecule has 0 spiro atoms. The lowest BCUT2D eigenvalue weighted by Crippen LogP contribution is -2.53. The number of nitrogens with zero attached hydrogens (tertiary/aromatic N) is 13. The smallest absolute Gasteiger partial charge is 0.339 e. The highest BCUT2D eigenvalue weighted by Crippen LogP contribution is 2.43. The Morgan fingerprint density at radius 3 is 1.12 bits per heavy atom. The second-order valence-electron chi connectivity index (χ2n) is 17.4. The molecule has 4 heterocycles. The van der Waals surface area contributed by atoms with Gasteiger partial charge in [0.05, 0.1) is 89.6 Å². The third-order valence-electron chi connectivity index (χ3n) is 11.5. The molecule has 36 heteroatoms. The lowest BCUT2D eigenvalue weighted by molar-refractivity contribution is -0.394. The van der Waals surface area contributed by atoms with E-state index in [1.807, 2.05) is 0 Å². The van der Waals surface area contributed by atoms with Crippen molar-refractivity contribution in [3.63, 3.8) is 0 Å². The van der Waals surface area contributed by atoms with E-state index in [4.69, 9.17) is 37.9 Å². The maximum atomic E-state index is 15.1. The largest absolute Gasteiger partial charge is 0.454 e. The zero-order chi connectivity index (χ0) is 55.0. The van der Waals surface area contributed by atoms with Crippen molar-refractivity contribution < 1.29 is 81.8 Å². The van der Waals surface area contributed by atoms with Crippen molar-refractivity contribution in [2.24, 2.45) is 10.2 Å². The second-order valence-corrected chi connectivity index (χ2v) is 17.4. The third kappa shape index (κ3) is 11.6. The van der Waals surface area contributed by atoms with E-state index in [1.165, 1.54) is 27.7 Å². The van der Waals surface area contributed by atoms with Crippen molar-refractivity contribution in [3.05, 3.63) is 153 Å². The number of ether oxygens (including phenoxy) is 8. The van der Waals surface area contributed by atoms with E-state index in [-0.39, 0.29) is 0 Å². The van der Waals surface area contributed by atoms with Gasteiger partial charge in [0.15, 0.2) is 24.2 Å². The van der Waals surface area contributed by atoms with Crippen LogP contribution in [0.2, 0.25) is 0 Å². The lowest BCUT2D eigenvalue weighted by Gasteiger charge is -2.36. The molecule has 3 aromatic rings.